The van der Waals surface area contributed by atoms with Gasteiger partial charge in [0.05, 0.1) is 0 Å². The lowest BCUT2D eigenvalue weighted by atomic mass is 10.1. The van der Waals surface area contributed by atoms with Crippen molar-refractivity contribution in [2.45, 2.75) is 26.3 Å². The largest absolute Gasteiger partial charge is 0.314 e. The molecule has 0 spiro atoms. The first-order chi connectivity index (χ1) is 7.04. The van der Waals surface area contributed by atoms with Crippen LogP contribution in [0.3, 0.4) is 0 Å². The molecule has 0 aromatic heterocycles. The zero-order chi connectivity index (χ0) is 11.4. The second-order valence-corrected chi connectivity index (χ2v) is 4.43. The third-order valence-electron chi connectivity index (χ3n) is 2.17. The standard InChI is InChI=1S/C11H14BrF2N/c1-3-15-7(2)4-9-10(13)5-8(12)6-11(9)14/h5-7,15H,3-4H2,1-2H3. The van der Waals surface area contributed by atoms with Crippen molar-refractivity contribution in [3.8, 4) is 0 Å². The Labute approximate surface area is 97.0 Å². The number of hydrogen-bond donors (Lipinski definition) is 1. The fourth-order valence-corrected chi connectivity index (χ4v) is 1.90. The van der Waals surface area contributed by atoms with E-state index < -0.39 is 11.6 Å². The Morgan fingerprint density at radius 2 is 1.87 bits per heavy atom. The number of benzene rings is 1. The second-order valence-electron chi connectivity index (χ2n) is 3.51. The summed E-state index contributed by atoms with van der Waals surface area (Å²) in [6.45, 7) is 4.66. The first-order valence-corrected chi connectivity index (χ1v) is 5.70. The van der Waals surface area contributed by atoms with E-state index in [-0.39, 0.29) is 11.6 Å². The number of rotatable bonds is 4. The zero-order valence-corrected chi connectivity index (χ0v) is 10.4. The van der Waals surface area contributed by atoms with E-state index in [2.05, 4.69) is 21.2 Å². The van der Waals surface area contributed by atoms with Crippen molar-refractivity contribution in [1.29, 1.82) is 0 Å². The molecule has 4 heteroatoms. The molecule has 1 unspecified atom stereocenters. The Morgan fingerprint density at radius 1 is 1.33 bits per heavy atom. The van der Waals surface area contributed by atoms with Crippen LogP contribution in [0.15, 0.2) is 16.6 Å². The minimum absolute atomic E-state index is 0.0696. The molecule has 1 rings (SSSR count). The summed E-state index contributed by atoms with van der Waals surface area (Å²) in [5.74, 6) is -0.988. The van der Waals surface area contributed by atoms with Crippen molar-refractivity contribution in [1.82, 2.24) is 5.32 Å². The van der Waals surface area contributed by atoms with Gasteiger partial charge in [0.2, 0.25) is 0 Å². The molecule has 0 saturated carbocycles. The van der Waals surface area contributed by atoms with E-state index in [1.807, 2.05) is 13.8 Å². The van der Waals surface area contributed by atoms with E-state index >= 15 is 0 Å². The molecule has 1 aromatic carbocycles. The number of nitrogens with one attached hydrogen (secondary N) is 1. The van der Waals surface area contributed by atoms with Crippen molar-refractivity contribution < 1.29 is 8.78 Å². The average molecular weight is 278 g/mol. The Balaban J connectivity index is 2.85. The number of likely N-dealkylation sites (N-methyl/N-ethyl adjacent to an activating group) is 1. The van der Waals surface area contributed by atoms with Crippen LogP contribution in [0.1, 0.15) is 19.4 Å². The van der Waals surface area contributed by atoms with Crippen molar-refractivity contribution >= 4 is 15.9 Å². The summed E-state index contributed by atoms with van der Waals surface area (Å²) in [5, 5.41) is 3.12. The van der Waals surface area contributed by atoms with Gasteiger partial charge in [-0.2, -0.15) is 0 Å². The third kappa shape index (κ3) is 3.54. The van der Waals surface area contributed by atoms with Gasteiger partial charge in [0, 0.05) is 16.1 Å². The molecule has 0 saturated heterocycles. The highest BCUT2D eigenvalue weighted by Crippen LogP contribution is 2.20. The summed E-state index contributed by atoms with van der Waals surface area (Å²) >= 11 is 3.05. The fraction of sp³-hybridized carbons (Fsp3) is 0.455. The molecule has 1 atom stereocenters. The van der Waals surface area contributed by atoms with Crippen LogP contribution in [0.25, 0.3) is 0 Å². The van der Waals surface area contributed by atoms with Gasteiger partial charge in [-0.15, -0.1) is 0 Å². The van der Waals surface area contributed by atoms with Crippen molar-refractivity contribution in [2.24, 2.45) is 0 Å². The van der Waals surface area contributed by atoms with E-state index in [0.717, 1.165) is 6.54 Å². The third-order valence-corrected chi connectivity index (χ3v) is 2.63. The lowest BCUT2D eigenvalue weighted by molar-refractivity contribution is 0.507. The molecule has 0 aliphatic rings. The predicted octanol–water partition coefficient (Wildman–Crippen LogP) is 3.27. The van der Waals surface area contributed by atoms with Crippen LogP contribution in [0.4, 0.5) is 8.78 Å². The van der Waals surface area contributed by atoms with Crippen LogP contribution < -0.4 is 5.32 Å². The monoisotopic (exact) mass is 277 g/mol. The lowest BCUT2D eigenvalue weighted by Gasteiger charge is -2.13. The Hall–Kier alpha value is -0.480. The summed E-state index contributed by atoms with van der Waals surface area (Å²) in [6, 6.07) is 2.65. The molecule has 0 aliphatic carbocycles. The van der Waals surface area contributed by atoms with Crippen molar-refractivity contribution in [3.05, 3.63) is 33.8 Å². The van der Waals surface area contributed by atoms with Crippen LogP contribution in [0, 0.1) is 11.6 Å². The van der Waals surface area contributed by atoms with Gasteiger partial charge in [0.15, 0.2) is 0 Å². The van der Waals surface area contributed by atoms with Crippen LogP contribution in [-0.4, -0.2) is 12.6 Å². The van der Waals surface area contributed by atoms with E-state index in [4.69, 9.17) is 0 Å². The van der Waals surface area contributed by atoms with Gasteiger partial charge < -0.3 is 5.32 Å². The van der Waals surface area contributed by atoms with Gasteiger partial charge in [-0.25, -0.2) is 8.78 Å². The molecule has 0 heterocycles. The van der Waals surface area contributed by atoms with Gasteiger partial charge in [-0.3, -0.25) is 0 Å². The van der Waals surface area contributed by atoms with Crippen LogP contribution >= 0.6 is 15.9 Å². The first kappa shape index (κ1) is 12.6. The van der Waals surface area contributed by atoms with Crippen LogP contribution in [-0.2, 0) is 6.42 Å². The highest BCUT2D eigenvalue weighted by atomic mass is 79.9. The maximum absolute atomic E-state index is 13.4. The zero-order valence-electron chi connectivity index (χ0n) is 8.78. The molecule has 0 bridgehead atoms. The molecule has 84 valence electrons. The van der Waals surface area contributed by atoms with Gasteiger partial charge >= 0.3 is 0 Å². The molecule has 0 radical (unpaired) electrons. The van der Waals surface area contributed by atoms with E-state index in [1.165, 1.54) is 12.1 Å². The molecular formula is C11H14BrF2N. The summed E-state index contributed by atoms with van der Waals surface area (Å²) in [6.07, 6.45) is 0.360. The molecule has 1 aromatic rings. The molecule has 15 heavy (non-hydrogen) atoms. The fourth-order valence-electron chi connectivity index (χ4n) is 1.49. The average Bonchev–Trinajstić information content (AvgIpc) is 2.11. The minimum Gasteiger partial charge on any atom is -0.314 e. The molecule has 0 amide bonds. The van der Waals surface area contributed by atoms with Gasteiger partial charge in [-0.1, -0.05) is 22.9 Å². The van der Waals surface area contributed by atoms with Crippen LogP contribution in [0.2, 0.25) is 0 Å². The topological polar surface area (TPSA) is 12.0 Å². The number of halogens is 3. The van der Waals surface area contributed by atoms with Gasteiger partial charge in [-0.05, 0) is 32.0 Å². The smallest absolute Gasteiger partial charge is 0.130 e. The minimum atomic E-state index is -0.494. The maximum atomic E-state index is 13.4. The number of hydrogen-bond acceptors (Lipinski definition) is 1. The molecule has 0 aliphatic heterocycles. The Bertz CT molecular complexity index is 318. The SMILES string of the molecule is CCNC(C)Cc1c(F)cc(Br)cc1F. The summed E-state index contributed by atoms with van der Waals surface area (Å²) in [4.78, 5) is 0. The molecule has 1 nitrogen and oxygen atoms in total. The Kier molecular flexibility index (Phi) is 4.67. The molecule has 0 fully saturated rings. The maximum Gasteiger partial charge on any atom is 0.130 e. The van der Waals surface area contributed by atoms with E-state index in [0.29, 0.717) is 10.9 Å². The first-order valence-electron chi connectivity index (χ1n) is 4.91. The quantitative estimate of drug-likeness (QED) is 0.891. The second kappa shape index (κ2) is 5.56. The molecule has 1 N–H and O–H groups in total. The lowest BCUT2D eigenvalue weighted by Crippen LogP contribution is -2.28. The van der Waals surface area contributed by atoms with Gasteiger partial charge in [0.25, 0.3) is 0 Å². The Morgan fingerprint density at radius 3 is 2.33 bits per heavy atom. The van der Waals surface area contributed by atoms with Gasteiger partial charge in [0.1, 0.15) is 11.6 Å². The summed E-state index contributed by atoms with van der Waals surface area (Å²) < 4.78 is 27.3. The van der Waals surface area contributed by atoms with Crippen molar-refractivity contribution in [3.63, 3.8) is 0 Å². The normalized spacial score (nSPS) is 12.9. The van der Waals surface area contributed by atoms with E-state index in [9.17, 15) is 8.78 Å². The highest BCUT2D eigenvalue weighted by molar-refractivity contribution is 9.10. The predicted molar refractivity (Wildman–Crippen MR) is 60.9 cm³/mol. The van der Waals surface area contributed by atoms with Crippen LogP contribution in [0.5, 0.6) is 0 Å². The van der Waals surface area contributed by atoms with E-state index in [1.54, 1.807) is 0 Å². The van der Waals surface area contributed by atoms with Crippen molar-refractivity contribution in [2.75, 3.05) is 6.54 Å². The summed E-state index contributed by atoms with van der Waals surface area (Å²) in [5.41, 5.74) is 0.145. The summed E-state index contributed by atoms with van der Waals surface area (Å²) in [7, 11) is 0. The highest BCUT2D eigenvalue weighted by Gasteiger charge is 2.13. The molecular weight excluding hydrogens is 264 g/mol.